The second-order valence-corrected chi connectivity index (χ2v) is 9.12. The van der Waals surface area contributed by atoms with Crippen LogP contribution in [0.25, 0.3) is 0 Å². The predicted molar refractivity (Wildman–Crippen MR) is 104 cm³/mol. The van der Waals surface area contributed by atoms with Gasteiger partial charge in [-0.3, -0.25) is 9.59 Å². The van der Waals surface area contributed by atoms with Crippen LogP contribution in [0.2, 0.25) is 5.02 Å². The summed E-state index contributed by atoms with van der Waals surface area (Å²) in [6.45, 7) is 0. The molecule has 0 saturated carbocycles. The van der Waals surface area contributed by atoms with Crippen LogP contribution in [0.5, 0.6) is 11.5 Å². The maximum Gasteiger partial charge on any atom is 0.271 e. The van der Waals surface area contributed by atoms with E-state index in [2.05, 4.69) is 10.4 Å². The summed E-state index contributed by atoms with van der Waals surface area (Å²) >= 11 is 6.11. The molecule has 28 heavy (non-hydrogen) atoms. The number of carbonyl (C=O) groups is 2. The molecule has 2 aliphatic heterocycles. The highest BCUT2D eigenvalue weighted by molar-refractivity contribution is 7.91. The molecule has 1 aromatic rings. The van der Waals surface area contributed by atoms with E-state index in [9.17, 15) is 18.0 Å². The van der Waals surface area contributed by atoms with Crippen LogP contribution in [0.1, 0.15) is 19.3 Å². The quantitative estimate of drug-likeness (QED) is 0.757. The first-order chi connectivity index (χ1) is 13.2. The summed E-state index contributed by atoms with van der Waals surface area (Å²) in [5.74, 6) is -0.188. The number of rotatable bonds is 5. The standard InChI is InChI=1S/C17H20ClN3O6S/c1-26-14-8-15(27-2)13(7-11(14)18)19-17(23)12-3-4-16(22)21(20-12)10-5-6-28(24,25)9-10/h7-8,10H,3-6,9H2,1-2H3,(H,19,23)/t10-/m1/s1. The molecule has 2 heterocycles. The molecule has 2 amide bonds. The fraction of sp³-hybridized carbons (Fsp3) is 0.471. The Morgan fingerprint density at radius 2 is 1.96 bits per heavy atom. The Morgan fingerprint density at radius 1 is 1.25 bits per heavy atom. The van der Waals surface area contributed by atoms with Gasteiger partial charge in [-0.05, 0) is 12.5 Å². The van der Waals surface area contributed by atoms with E-state index >= 15 is 0 Å². The number of benzene rings is 1. The van der Waals surface area contributed by atoms with Crippen molar-refractivity contribution in [3.8, 4) is 11.5 Å². The molecular formula is C17H20ClN3O6S. The predicted octanol–water partition coefficient (Wildman–Crippen LogP) is 1.46. The van der Waals surface area contributed by atoms with Crippen molar-refractivity contribution in [1.82, 2.24) is 5.01 Å². The lowest BCUT2D eigenvalue weighted by molar-refractivity contribution is -0.133. The monoisotopic (exact) mass is 429 g/mol. The summed E-state index contributed by atoms with van der Waals surface area (Å²) < 4.78 is 33.8. The normalized spacial score (nSPS) is 21.2. The molecule has 1 fully saturated rings. The van der Waals surface area contributed by atoms with Crippen molar-refractivity contribution in [1.29, 1.82) is 0 Å². The van der Waals surface area contributed by atoms with Crippen molar-refractivity contribution < 1.29 is 27.5 Å². The second kappa shape index (κ2) is 7.96. The van der Waals surface area contributed by atoms with Crippen LogP contribution in [-0.4, -0.2) is 62.7 Å². The van der Waals surface area contributed by atoms with Crippen molar-refractivity contribution in [2.45, 2.75) is 25.3 Å². The van der Waals surface area contributed by atoms with Crippen LogP contribution >= 0.6 is 11.6 Å². The first-order valence-electron chi connectivity index (χ1n) is 8.57. The van der Waals surface area contributed by atoms with Crippen LogP contribution in [0.3, 0.4) is 0 Å². The van der Waals surface area contributed by atoms with Gasteiger partial charge in [0.05, 0.1) is 42.5 Å². The molecule has 1 N–H and O–H groups in total. The van der Waals surface area contributed by atoms with Gasteiger partial charge in [-0.15, -0.1) is 0 Å². The van der Waals surface area contributed by atoms with Gasteiger partial charge in [0.1, 0.15) is 17.2 Å². The zero-order valence-corrected chi connectivity index (χ0v) is 17.0. The number of nitrogens with one attached hydrogen (secondary N) is 1. The van der Waals surface area contributed by atoms with Crippen molar-refractivity contribution >= 4 is 44.7 Å². The lowest BCUT2D eigenvalue weighted by Crippen LogP contribution is -2.42. The first kappa shape index (κ1) is 20.4. The number of halogens is 1. The molecular weight excluding hydrogens is 410 g/mol. The van der Waals surface area contributed by atoms with Crippen LogP contribution in [0, 0.1) is 0 Å². The largest absolute Gasteiger partial charge is 0.495 e. The van der Waals surface area contributed by atoms with Gasteiger partial charge in [0.2, 0.25) is 5.91 Å². The van der Waals surface area contributed by atoms with Gasteiger partial charge in [0, 0.05) is 18.9 Å². The van der Waals surface area contributed by atoms with Crippen molar-refractivity contribution in [3.63, 3.8) is 0 Å². The number of nitrogens with zero attached hydrogens (tertiary/aromatic N) is 2. The molecule has 3 rings (SSSR count). The Balaban J connectivity index is 1.81. The topological polar surface area (TPSA) is 114 Å². The van der Waals surface area contributed by atoms with Gasteiger partial charge in [-0.1, -0.05) is 11.6 Å². The molecule has 11 heteroatoms. The number of amides is 2. The molecule has 2 aliphatic rings. The number of hydrazone groups is 1. The Bertz CT molecular complexity index is 946. The summed E-state index contributed by atoms with van der Waals surface area (Å²) in [6, 6.07) is 2.50. The summed E-state index contributed by atoms with van der Waals surface area (Å²) in [6.07, 6.45) is 0.560. The van der Waals surface area contributed by atoms with Crippen molar-refractivity contribution in [3.05, 3.63) is 17.2 Å². The van der Waals surface area contributed by atoms with E-state index in [1.165, 1.54) is 20.3 Å². The van der Waals surface area contributed by atoms with Gasteiger partial charge in [-0.2, -0.15) is 5.10 Å². The van der Waals surface area contributed by atoms with Crippen LogP contribution in [-0.2, 0) is 19.4 Å². The fourth-order valence-electron chi connectivity index (χ4n) is 3.14. The number of methoxy groups -OCH3 is 2. The SMILES string of the molecule is COc1cc(OC)c(NC(=O)C2=NN([C@@H]3CCS(=O)(=O)C3)C(=O)CC2)cc1Cl. The molecule has 0 spiro atoms. The highest BCUT2D eigenvalue weighted by Crippen LogP contribution is 2.36. The highest BCUT2D eigenvalue weighted by Gasteiger charge is 2.37. The second-order valence-electron chi connectivity index (χ2n) is 6.48. The third-order valence-electron chi connectivity index (χ3n) is 4.60. The zero-order chi connectivity index (χ0) is 20.5. The van der Waals surface area contributed by atoms with E-state index < -0.39 is 21.8 Å². The summed E-state index contributed by atoms with van der Waals surface area (Å²) in [5, 5.41) is 8.25. The smallest absolute Gasteiger partial charge is 0.271 e. The minimum Gasteiger partial charge on any atom is -0.495 e. The van der Waals surface area contributed by atoms with E-state index in [0.717, 1.165) is 5.01 Å². The van der Waals surface area contributed by atoms with E-state index in [-0.39, 0.29) is 41.0 Å². The minimum atomic E-state index is -3.18. The zero-order valence-electron chi connectivity index (χ0n) is 15.4. The number of hydrogen-bond donors (Lipinski definition) is 1. The molecule has 0 aromatic heterocycles. The molecule has 1 saturated heterocycles. The minimum absolute atomic E-state index is 0.0139. The Kier molecular flexibility index (Phi) is 5.80. The van der Waals surface area contributed by atoms with Crippen LogP contribution < -0.4 is 14.8 Å². The Hall–Kier alpha value is -2.33. The summed E-state index contributed by atoms with van der Waals surface area (Å²) in [5.41, 5.74) is 0.464. The Morgan fingerprint density at radius 3 is 2.57 bits per heavy atom. The molecule has 1 aromatic carbocycles. The van der Waals surface area contributed by atoms with Gasteiger partial charge in [0.25, 0.3) is 5.91 Å². The van der Waals surface area contributed by atoms with Gasteiger partial charge in [0.15, 0.2) is 9.84 Å². The summed E-state index contributed by atoms with van der Waals surface area (Å²) in [4.78, 5) is 24.8. The number of carbonyl (C=O) groups excluding carboxylic acids is 2. The van der Waals surface area contributed by atoms with Crippen LogP contribution in [0.15, 0.2) is 17.2 Å². The number of sulfone groups is 1. The third kappa shape index (κ3) is 4.22. The van der Waals surface area contributed by atoms with Crippen LogP contribution in [0.4, 0.5) is 5.69 Å². The maximum atomic E-state index is 12.7. The maximum absolute atomic E-state index is 12.7. The van der Waals surface area contributed by atoms with E-state index in [4.69, 9.17) is 21.1 Å². The highest BCUT2D eigenvalue weighted by atomic mass is 35.5. The van der Waals surface area contributed by atoms with Gasteiger partial charge < -0.3 is 14.8 Å². The molecule has 9 nitrogen and oxygen atoms in total. The molecule has 0 radical (unpaired) electrons. The third-order valence-corrected chi connectivity index (χ3v) is 6.64. The lowest BCUT2D eigenvalue weighted by Gasteiger charge is -2.27. The molecule has 152 valence electrons. The van der Waals surface area contributed by atoms with Gasteiger partial charge >= 0.3 is 0 Å². The van der Waals surface area contributed by atoms with Crippen molar-refractivity contribution in [2.24, 2.45) is 5.10 Å². The van der Waals surface area contributed by atoms with Gasteiger partial charge in [-0.25, -0.2) is 13.4 Å². The van der Waals surface area contributed by atoms with E-state index in [0.29, 0.717) is 23.6 Å². The average molecular weight is 430 g/mol. The lowest BCUT2D eigenvalue weighted by atomic mass is 10.1. The molecule has 0 bridgehead atoms. The Labute approximate surface area is 167 Å². The summed E-state index contributed by atoms with van der Waals surface area (Å²) in [7, 11) is -0.277. The van der Waals surface area contributed by atoms with Crippen molar-refractivity contribution in [2.75, 3.05) is 31.0 Å². The number of hydrogen-bond acceptors (Lipinski definition) is 7. The molecule has 0 aliphatic carbocycles. The van der Waals surface area contributed by atoms with E-state index in [1.807, 2.05) is 0 Å². The molecule has 0 unspecified atom stereocenters. The van der Waals surface area contributed by atoms with E-state index in [1.54, 1.807) is 6.07 Å². The molecule has 1 atom stereocenters. The average Bonchev–Trinajstić information content (AvgIpc) is 3.02. The number of anilines is 1. The fourth-order valence-corrected chi connectivity index (χ4v) is 5.07. The number of ether oxygens (including phenoxy) is 2. The first-order valence-corrected chi connectivity index (χ1v) is 10.8.